The molecule has 0 spiro atoms. The summed E-state index contributed by atoms with van der Waals surface area (Å²) in [4.78, 5) is 42.7. The molecule has 0 aliphatic heterocycles. The third-order valence-electron chi connectivity index (χ3n) is 5.28. The van der Waals surface area contributed by atoms with Crippen molar-refractivity contribution in [2.24, 2.45) is 0 Å². The van der Waals surface area contributed by atoms with E-state index in [1.807, 2.05) is 36.4 Å². The number of aliphatic hydroxyl groups is 2. The summed E-state index contributed by atoms with van der Waals surface area (Å²) >= 11 is 0. The summed E-state index contributed by atoms with van der Waals surface area (Å²) in [5, 5.41) is 25.4. The predicted octanol–water partition coefficient (Wildman–Crippen LogP) is 1.27. The van der Waals surface area contributed by atoms with Gasteiger partial charge in [-0.3, -0.25) is 14.4 Å². The highest BCUT2D eigenvalue weighted by Crippen LogP contribution is 2.24. The van der Waals surface area contributed by atoms with Crippen molar-refractivity contribution >= 4 is 33.6 Å². The summed E-state index contributed by atoms with van der Waals surface area (Å²) in [7, 11) is 0. The number of aromatic nitrogens is 2. The zero-order valence-corrected chi connectivity index (χ0v) is 17.7. The Balaban J connectivity index is 1.48. The molecule has 2 heterocycles. The number of para-hydroxylation sites is 1. The van der Waals surface area contributed by atoms with Crippen molar-refractivity contribution in [2.45, 2.75) is 12.5 Å². The van der Waals surface area contributed by atoms with Crippen LogP contribution in [0.3, 0.4) is 0 Å². The van der Waals surface area contributed by atoms with E-state index in [9.17, 15) is 19.5 Å². The van der Waals surface area contributed by atoms with E-state index in [0.717, 1.165) is 21.8 Å². The average Bonchev–Trinajstić information content (AvgIpc) is 3.23. The van der Waals surface area contributed by atoms with Crippen LogP contribution in [0.15, 0.2) is 59.4 Å². The SMILES string of the molecule is O=C(CC(O)CNC(=O)c1ccc2[nH]c(-c3cc4ccccc4[nH]c3=O)cc2c1)NCCO. The third-order valence-corrected chi connectivity index (χ3v) is 5.28. The molecule has 6 N–H and O–H groups in total. The first kappa shape index (κ1) is 22.3. The normalized spacial score (nSPS) is 12.1. The topological polar surface area (TPSA) is 147 Å². The zero-order valence-electron chi connectivity index (χ0n) is 17.7. The molecular formula is C24H24N4O5. The van der Waals surface area contributed by atoms with Gasteiger partial charge in [0.15, 0.2) is 0 Å². The van der Waals surface area contributed by atoms with Crippen LogP contribution in [-0.4, -0.2) is 57.8 Å². The number of aromatic amines is 2. The van der Waals surface area contributed by atoms with Crippen LogP contribution in [0.1, 0.15) is 16.8 Å². The van der Waals surface area contributed by atoms with Crippen LogP contribution in [0.4, 0.5) is 0 Å². The molecule has 0 fully saturated rings. The number of pyridine rings is 1. The Morgan fingerprint density at radius 1 is 0.939 bits per heavy atom. The van der Waals surface area contributed by atoms with E-state index in [-0.39, 0.29) is 31.7 Å². The van der Waals surface area contributed by atoms with Crippen LogP contribution in [0.5, 0.6) is 0 Å². The lowest BCUT2D eigenvalue weighted by atomic mass is 10.1. The summed E-state index contributed by atoms with van der Waals surface area (Å²) in [6.45, 7) is -0.160. The second kappa shape index (κ2) is 9.68. The van der Waals surface area contributed by atoms with Crippen LogP contribution >= 0.6 is 0 Å². The molecule has 2 aromatic carbocycles. The molecule has 9 nitrogen and oxygen atoms in total. The Morgan fingerprint density at radius 2 is 1.73 bits per heavy atom. The average molecular weight is 448 g/mol. The first-order valence-corrected chi connectivity index (χ1v) is 10.5. The highest BCUT2D eigenvalue weighted by molar-refractivity contribution is 5.99. The molecule has 0 aliphatic rings. The van der Waals surface area contributed by atoms with Gasteiger partial charge in [-0.05, 0) is 41.8 Å². The molecule has 4 aromatic rings. The van der Waals surface area contributed by atoms with Crippen molar-refractivity contribution in [3.8, 4) is 11.3 Å². The minimum absolute atomic E-state index is 0.0890. The summed E-state index contributed by atoms with van der Waals surface area (Å²) in [5.41, 5.74) is 2.84. The monoisotopic (exact) mass is 448 g/mol. The minimum Gasteiger partial charge on any atom is -0.395 e. The van der Waals surface area contributed by atoms with Crippen molar-refractivity contribution in [3.63, 3.8) is 0 Å². The molecule has 2 amide bonds. The minimum atomic E-state index is -1.05. The smallest absolute Gasteiger partial charge is 0.257 e. The quantitative estimate of drug-likeness (QED) is 0.240. The van der Waals surface area contributed by atoms with Gasteiger partial charge in [-0.25, -0.2) is 0 Å². The van der Waals surface area contributed by atoms with Gasteiger partial charge in [-0.15, -0.1) is 0 Å². The van der Waals surface area contributed by atoms with Gasteiger partial charge in [-0.1, -0.05) is 18.2 Å². The van der Waals surface area contributed by atoms with Crippen LogP contribution < -0.4 is 16.2 Å². The molecular weight excluding hydrogens is 424 g/mol. The maximum atomic E-state index is 12.6. The van der Waals surface area contributed by atoms with Crippen molar-refractivity contribution in [2.75, 3.05) is 19.7 Å². The second-order valence-corrected chi connectivity index (χ2v) is 7.73. The lowest BCUT2D eigenvalue weighted by Gasteiger charge is -2.12. The molecule has 0 saturated heterocycles. The Bertz CT molecular complexity index is 1370. The van der Waals surface area contributed by atoms with E-state index in [4.69, 9.17) is 5.11 Å². The van der Waals surface area contributed by atoms with E-state index in [0.29, 0.717) is 16.8 Å². The maximum Gasteiger partial charge on any atom is 0.257 e. The predicted molar refractivity (Wildman–Crippen MR) is 125 cm³/mol. The van der Waals surface area contributed by atoms with Crippen LogP contribution in [0.2, 0.25) is 0 Å². The van der Waals surface area contributed by atoms with Gasteiger partial charge in [-0.2, -0.15) is 0 Å². The number of benzene rings is 2. The number of carbonyl (C=O) groups excluding carboxylic acids is 2. The van der Waals surface area contributed by atoms with Crippen LogP contribution in [0.25, 0.3) is 33.1 Å². The van der Waals surface area contributed by atoms with Gasteiger partial charge in [0.05, 0.1) is 30.4 Å². The van der Waals surface area contributed by atoms with Gasteiger partial charge in [0.2, 0.25) is 5.91 Å². The van der Waals surface area contributed by atoms with Crippen molar-refractivity contribution in [1.82, 2.24) is 20.6 Å². The van der Waals surface area contributed by atoms with Crippen molar-refractivity contribution < 1.29 is 19.8 Å². The number of aliphatic hydroxyl groups excluding tert-OH is 2. The van der Waals surface area contributed by atoms with Crippen LogP contribution in [0, 0.1) is 0 Å². The summed E-state index contributed by atoms with van der Waals surface area (Å²) in [6.07, 6.45) is -1.23. The Morgan fingerprint density at radius 3 is 2.55 bits per heavy atom. The number of hydrogen-bond donors (Lipinski definition) is 6. The van der Waals surface area contributed by atoms with Gasteiger partial charge in [0.25, 0.3) is 11.5 Å². The maximum absolute atomic E-state index is 12.6. The van der Waals surface area contributed by atoms with Gasteiger partial charge in [0.1, 0.15) is 0 Å². The fourth-order valence-electron chi connectivity index (χ4n) is 3.63. The van der Waals surface area contributed by atoms with E-state index in [1.54, 1.807) is 18.2 Å². The number of rotatable bonds is 8. The molecule has 9 heteroatoms. The molecule has 0 radical (unpaired) electrons. The first-order chi connectivity index (χ1) is 15.9. The fraction of sp³-hybridized carbons (Fsp3) is 0.208. The zero-order chi connectivity index (χ0) is 23.4. The molecule has 0 aliphatic carbocycles. The summed E-state index contributed by atoms with van der Waals surface area (Å²) in [6, 6.07) is 16.2. The molecule has 1 atom stereocenters. The number of nitrogens with one attached hydrogen (secondary N) is 4. The number of amides is 2. The van der Waals surface area contributed by atoms with E-state index >= 15 is 0 Å². The molecule has 170 valence electrons. The molecule has 1 unspecified atom stereocenters. The Hall–Kier alpha value is -3.95. The van der Waals surface area contributed by atoms with Crippen molar-refractivity contribution in [1.29, 1.82) is 0 Å². The van der Waals surface area contributed by atoms with E-state index in [2.05, 4.69) is 20.6 Å². The van der Waals surface area contributed by atoms with Gasteiger partial charge >= 0.3 is 0 Å². The lowest BCUT2D eigenvalue weighted by Crippen LogP contribution is -2.36. The summed E-state index contributed by atoms with van der Waals surface area (Å²) < 4.78 is 0. The Labute approximate surface area is 188 Å². The van der Waals surface area contributed by atoms with E-state index in [1.165, 1.54) is 0 Å². The number of hydrogen-bond acceptors (Lipinski definition) is 5. The van der Waals surface area contributed by atoms with Crippen molar-refractivity contribution in [3.05, 3.63) is 70.5 Å². The number of fused-ring (bicyclic) bond motifs is 2. The summed E-state index contributed by atoms with van der Waals surface area (Å²) in [5.74, 6) is -0.797. The van der Waals surface area contributed by atoms with E-state index < -0.39 is 17.9 Å². The molecule has 33 heavy (non-hydrogen) atoms. The lowest BCUT2D eigenvalue weighted by molar-refractivity contribution is -0.123. The van der Waals surface area contributed by atoms with Crippen LogP contribution in [-0.2, 0) is 4.79 Å². The molecule has 2 aromatic heterocycles. The molecule has 4 rings (SSSR count). The largest absolute Gasteiger partial charge is 0.395 e. The third kappa shape index (κ3) is 5.11. The number of H-pyrrole nitrogens is 2. The molecule has 0 saturated carbocycles. The molecule has 0 bridgehead atoms. The first-order valence-electron chi connectivity index (χ1n) is 10.5. The second-order valence-electron chi connectivity index (χ2n) is 7.73. The van der Waals surface area contributed by atoms with Gasteiger partial charge < -0.3 is 30.8 Å². The van der Waals surface area contributed by atoms with Gasteiger partial charge in [0, 0.05) is 35.1 Å². The highest BCUT2D eigenvalue weighted by Gasteiger charge is 2.14. The Kier molecular flexibility index (Phi) is 6.53. The fourth-order valence-corrected chi connectivity index (χ4v) is 3.63. The highest BCUT2D eigenvalue weighted by atomic mass is 16.3. The standard InChI is InChI=1S/C24H24N4O5/c29-8-7-25-22(31)12-17(30)13-26-23(32)15-5-6-20-16(9-15)11-21(27-20)18-10-14-3-1-2-4-19(14)28-24(18)33/h1-6,9-11,17,27,29-30H,7-8,12-13H2,(H,25,31)(H,26,32)(H,28,33). The number of carbonyl (C=O) groups is 2.